The van der Waals surface area contributed by atoms with E-state index in [1.807, 2.05) is 0 Å². The third kappa shape index (κ3) is 2.98. The van der Waals surface area contributed by atoms with Gasteiger partial charge < -0.3 is 9.32 Å². The second-order valence-corrected chi connectivity index (χ2v) is 9.98. The molecule has 33 heavy (non-hydrogen) atoms. The number of nitrogens with zero attached hydrogens (tertiary/aromatic N) is 2. The maximum Gasteiger partial charge on any atom is 0.224 e. The van der Waals surface area contributed by atoms with Crippen LogP contribution in [0.15, 0.2) is 75.7 Å². The van der Waals surface area contributed by atoms with E-state index in [4.69, 9.17) is 4.42 Å². The first-order chi connectivity index (χ1) is 15.9. The lowest BCUT2D eigenvalue weighted by Gasteiger charge is -2.31. The molecule has 0 bridgehead atoms. The topological polar surface area (TPSA) is 19.4 Å². The normalized spacial score (nSPS) is 18.2. The van der Waals surface area contributed by atoms with Gasteiger partial charge in [-0.15, -0.1) is 0 Å². The highest BCUT2D eigenvalue weighted by Crippen LogP contribution is 2.47. The zero-order valence-electron chi connectivity index (χ0n) is 20.0. The summed E-state index contributed by atoms with van der Waals surface area (Å²) in [6, 6.07) is 8.93. The van der Waals surface area contributed by atoms with E-state index in [9.17, 15) is 0 Å². The molecule has 166 valence electrons. The van der Waals surface area contributed by atoms with Crippen LogP contribution in [0.4, 0.5) is 5.69 Å². The van der Waals surface area contributed by atoms with E-state index in [0.717, 1.165) is 37.0 Å². The van der Waals surface area contributed by atoms with Crippen molar-refractivity contribution in [1.29, 1.82) is 0 Å². The molecule has 3 nitrogen and oxygen atoms in total. The molecule has 0 N–H and O–H groups in total. The van der Waals surface area contributed by atoms with Crippen molar-refractivity contribution >= 4 is 34.3 Å². The lowest BCUT2D eigenvalue weighted by molar-refractivity contribution is -0.480. The fourth-order valence-electron chi connectivity index (χ4n) is 5.81. The molecule has 1 aliphatic heterocycles. The molecule has 6 rings (SSSR count). The van der Waals surface area contributed by atoms with Crippen molar-refractivity contribution in [2.75, 3.05) is 4.90 Å². The summed E-state index contributed by atoms with van der Waals surface area (Å²) in [4.78, 5) is 2.55. The van der Waals surface area contributed by atoms with Gasteiger partial charge in [-0.1, -0.05) is 44.2 Å². The fraction of sp³-hybridized carbons (Fsp3) is 0.300. The Morgan fingerprint density at radius 1 is 1.06 bits per heavy atom. The van der Waals surface area contributed by atoms with E-state index in [2.05, 4.69) is 92.5 Å². The first-order valence-electron chi connectivity index (χ1n) is 12.1. The second-order valence-electron chi connectivity index (χ2n) is 9.98. The minimum absolute atomic E-state index is 0.462. The molecule has 2 aliphatic carbocycles. The number of benzene rings is 2. The maximum atomic E-state index is 6.70. The van der Waals surface area contributed by atoms with Gasteiger partial charge in [-0.05, 0) is 61.4 Å². The highest BCUT2D eigenvalue weighted by Gasteiger charge is 2.36. The summed E-state index contributed by atoms with van der Waals surface area (Å²) in [7, 11) is 0. The number of furan rings is 1. The Hall–Kier alpha value is -3.33. The molecule has 1 aromatic heterocycles. The van der Waals surface area contributed by atoms with Crippen LogP contribution in [0.1, 0.15) is 49.8 Å². The summed E-state index contributed by atoms with van der Waals surface area (Å²) >= 11 is 0. The predicted molar refractivity (Wildman–Crippen MR) is 138 cm³/mol. The average Bonchev–Trinajstić information content (AvgIpc) is 3.38. The van der Waals surface area contributed by atoms with E-state index in [0.29, 0.717) is 5.92 Å². The Morgan fingerprint density at radius 2 is 1.91 bits per heavy atom. The molecule has 0 radical (unpaired) electrons. The maximum absolute atomic E-state index is 6.70. The standard InChI is InChI=1S/C30H31N2O/c1-18(2)22-9-8-12-24(22)32-26-11-7-6-10-25(26)31(5)17-21-16-20(4)28-23-14-13-19(3)15-27(23)33-30(28)29(21)32/h6,8-10,13-16,18H,5,7,11-12,17H2,1-4H3/q+1. The minimum Gasteiger partial charge on any atom is -0.454 e. The molecule has 0 spiro atoms. The third-order valence-corrected chi connectivity index (χ3v) is 7.30. The average molecular weight is 436 g/mol. The van der Waals surface area contributed by atoms with Gasteiger partial charge in [-0.2, -0.15) is 4.58 Å². The summed E-state index contributed by atoms with van der Waals surface area (Å²) in [6.07, 6.45) is 12.2. The van der Waals surface area contributed by atoms with Gasteiger partial charge in [0.2, 0.25) is 5.70 Å². The lowest BCUT2D eigenvalue weighted by atomic mass is 9.97. The first kappa shape index (κ1) is 20.3. The van der Waals surface area contributed by atoms with Gasteiger partial charge in [0, 0.05) is 34.5 Å². The molecular weight excluding hydrogens is 404 g/mol. The van der Waals surface area contributed by atoms with Gasteiger partial charge in [0.25, 0.3) is 0 Å². The summed E-state index contributed by atoms with van der Waals surface area (Å²) in [5.41, 5.74) is 12.3. The lowest BCUT2D eigenvalue weighted by Crippen LogP contribution is -2.26. The molecule has 2 heterocycles. The largest absolute Gasteiger partial charge is 0.454 e. The van der Waals surface area contributed by atoms with Gasteiger partial charge in [-0.25, -0.2) is 0 Å². The monoisotopic (exact) mass is 435 g/mol. The predicted octanol–water partition coefficient (Wildman–Crippen LogP) is 7.67. The molecular formula is C30H31N2O+. The van der Waals surface area contributed by atoms with Crippen molar-refractivity contribution in [2.24, 2.45) is 5.92 Å². The summed E-state index contributed by atoms with van der Waals surface area (Å²) in [5, 5.41) is 2.43. The van der Waals surface area contributed by atoms with Gasteiger partial charge in [-0.3, -0.25) is 0 Å². The molecule has 3 aliphatic rings. The van der Waals surface area contributed by atoms with Crippen LogP contribution in [0.5, 0.6) is 0 Å². The number of hydrogen-bond donors (Lipinski definition) is 0. The molecule has 0 fully saturated rings. The molecule has 0 saturated carbocycles. The Kier molecular flexibility index (Phi) is 4.52. The van der Waals surface area contributed by atoms with Gasteiger partial charge in [0.15, 0.2) is 12.1 Å². The number of aryl methyl sites for hydroxylation is 2. The van der Waals surface area contributed by atoms with Crippen LogP contribution in [-0.4, -0.2) is 11.3 Å². The zero-order valence-corrected chi connectivity index (χ0v) is 20.0. The number of allylic oxidation sites excluding steroid dienone is 6. The molecule has 2 aromatic carbocycles. The van der Waals surface area contributed by atoms with Crippen molar-refractivity contribution in [2.45, 2.75) is 53.5 Å². The highest BCUT2D eigenvalue weighted by atomic mass is 16.3. The van der Waals surface area contributed by atoms with Crippen molar-refractivity contribution in [1.82, 2.24) is 0 Å². The first-order valence-corrected chi connectivity index (χ1v) is 12.1. The SMILES string of the molecule is C=[N+]1Cc2cc(C)c3c(oc4cc(C)ccc43)c2N(C2=C(C(C)C)C=CC2)C2=C1C=CCC2. The third-order valence-electron chi connectivity index (χ3n) is 7.30. The van der Waals surface area contributed by atoms with Crippen LogP contribution in [0.25, 0.3) is 21.9 Å². The zero-order chi connectivity index (χ0) is 22.9. The number of hydrogen-bond acceptors (Lipinski definition) is 2. The van der Waals surface area contributed by atoms with Crippen LogP contribution >= 0.6 is 0 Å². The fourth-order valence-corrected chi connectivity index (χ4v) is 5.81. The van der Waals surface area contributed by atoms with Gasteiger partial charge in [0.1, 0.15) is 12.3 Å². The van der Waals surface area contributed by atoms with Crippen LogP contribution in [0.2, 0.25) is 0 Å². The Labute approximate surface area is 195 Å². The van der Waals surface area contributed by atoms with E-state index in [1.54, 1.807) is 0 Å². The van der Waals surface area contributed by atoms with Crippen LogP contribution in [-0.2, 0) is 6.54 Å². The van der Waals surface area contributed by atoms with Crippen LogP contribution in [0.3, 0.4) is 0 Å². The van der Waals surface area contributed by atoms with Crippen molar-refractivity contribution in [3.63, 3.8) is 0 Å². The summed E-state index contributed by atoms with van der Waals surface area (Å²) in [5.74, 6) is 0.462. The molecule has 3 aromatic rings. The highest BCUT2D eigenvalue weighted by molar-refractivity contribution is 6.12. The van der Waals surface area contributed by atoms with Crippen LogP contribution in [0, 0.1) is 19.8 Å². The van der Waals surface area contributed by atoms with Crippen molar-refractivity contribution < 1.29 is 8.99 Å². The molecule has 0 saturated heterocycles. The molecule has 0 atom stereocenters. The van der Waals surface area contributed by atoms with E-state index in [-0.39, 0.29) is 0 Å². The molecule has 3 heteroatoms. The Balaban J connectivity index is 1.75. The minimum atomic E-state index is 0.462. The number of fused-ring (bicyclic) bond motifs is 5. The van der Waals surface area contributed by atoms with Gasteiger partial charge in [0.05, 0.1) is 11.4 Å². The number of anilines is 1. The smallest absolute Gasteiger partial charge is 0.224 e. The molecule has 0 amide bonds. The van der Waals surface area contributed by atoms with Crippen molar-refractivity contribution in [3.05, 3.63) is 87.9 Å². The van der Waals surface area contributed by atoms with Crippen LogP contribution < -0.4 is 4.90 Å². The quantitative estimate of drug-likeness (QED) is 0.385. The summed E-state index contributed by atoms with van der Waals surface area (Å²) < 4.78 is 8.87. The van der Waals surface area contributed by atoms with Gasteiger partial charge >= 0.3 is 0 Å². The van der Waals surface area contributed by atoms with E-state index in [1.165, 1.54) is 55.8 Å². The van der Waals surface area contributed by atoms with Crippen molar-refractivity contribution in [3.8, 4) is 0 Å². The molecule has 0 unspecified atom stereocenters. The number of rotatable bonds is 2. The summed E-state index contributed by atoms with van der Waals surface area (Å²) in [6.45, 7) is 14.1. The van der Waals surface area contributed by atoms with E-state index >= 15 is 0 Å². The second kappa shape index (κ2) is 7.34. The Bertz CT molecular complexity index is 1470. The Morgan fingerprint density at radius 3 is 2.73 bits per heavy atom. The van der Waals surface area contributed by atoms with E-state index < -0.39 is 0 Å².